The Bertz CT molecular complexity index is 792. The summed E-state index contributed by atoms with van der Waals surface area (Å²) in [6, 6.07) is 20.4. The highest BCUT2D eigenvalue weighted by atomic mass is 16.7. The molecule has 4 nitrogen and oxygen atoms in total. The van der Waals surface area contributed by atoms with Gasteiger partial charge in [-0.3, -0.25) is 4.79 Å². The first-order valence-electron chi connectivity index (χ1n) is 11.0. The molecule has 1 amide bonds. The fourth-order valence-electron chi connectivity index (χ4n) is 3.75. The molecule has 0 aromatic heterocycles. The molecule has 30 heavy (non-hydrogen) atoms. The zero-order valence-electron chi connectivity index (χ0n) is 18.7. The van der Waals surface area contributed by atoms with Crippen molar-refractivity contribution in [3.05, 3.63) is 71.8 Å². The number of benzene rings is 2. The third-order valence-electron chi connectivity index (χ3n) is 6.33. The number of hydrogen-bond acceptors (Lipinski definition) is 3. The van der Waals surface area contributed by atoms with E-state index in [4.69, 9.17) is 9.31 Å². The molecule has 1 fully saturated rings. The van der Waals surface area contributed by atoms with Crippen molar-refractivity contribution in [1.29, 1.82) is 0 Å². The van der Waals surface area contributed by atoms with E-state index in [0.717, 1.165) is 24.8 Å². The van der Waals surface area contributed by atoms with Crippen LogP contribution in [0.15, 0.2) is 60.7 Å². The van der Waals surface area contributed by atoms with E-state index in [1.54, 1.807) is 0 Å². The summed E-state index contributed by atoms with van der Waals surface area (Å²) in [6.07, 6.45) is 3.26. The first-order valence-corrected chi connectivity index (χ1v) is 11.0. The molecule has 1 heterocycles. The second-order valence-corrected chi connectivity index (χ2v) is 9.15. The van der Waals surface area contributed by atoms with Gasteiger partial charge in [0.15, 0.2) is 0 Å². The first kappa shape index (κ1) is 22.6. The summed E-state index contributed by atoms with van der Waals surface area (Å²) in [6.45, 7) is 8.94. The molecule has 0 aliphatic carbocycles. The average Bonchev–Trinajstić information content (AvgIpc) is 2.94. The van der Waals surface area contributed by atoms with Gasteiger partial charge in [-0.25, -0.2) is 0 Å². The summed E-state index contributed by atoms with van der Waals surface area (Å²) in [5.41, 5.74) is 1.66. The van der Waals surface area contributed by atoms with E-state index in [9.17, 15) is 4.79 Å². The second-order valence-electron chi connectivity index (χ2n) is 9.15. The molecule has 1 aliphatic heterocycles. The molecule has 1 atom stereocenters. The van der Waals surface area contributed by atoms with Crippen molar-refractivity contribution in [2.45, 2.75) is 76.9 Å². The molecule has 0 unspecified atom stereocenters. The monoisotopic (exact) mass is 407 g/mol. The topological polar surface area (TPSA) is 47.6 Å². The van der Waals surface area contributed by atoms with E-state index in [0.29, 0.717) is 13.0 Å². The minimum Gasteiger partial charge on any atom is -0.403 e. The molecule has 0 saturated carbocycles. The molecule has 160 valence electrons. The fourth-order valence-corrected chi connectivity index (χ4v) is 3.75. The maximum absolute atomic E-state index is 12.2. The van der Waals surface area contributed by atoms with Gasteiger partial charge in [-0.05, 0) is 51.7 Å². The molecule has 5 heteroatoms. The van der Waals surface area contributed by atoms with E-state index in [-0.39, 0.29) is 30.0 Å². The van der Waals surface area contributed by atoms with E-state index in [1.807, 2.05) is 36.4 Å². The van der Waals surface area contributed by atoms with Crippen LogP contribution >= 0.6 is 0 Å². The number of rotatable bonds is 9. The van der Waals surface area contributed by atoms with Crippen molar-refractivity contribution in [2.24, 2.45) is 0 Å². The number of nitrogens with one attached hydrogen (secondary N) is 1. The van der Waals surface area contributed by atoms with Crippen LogP contribution in [0.1, 0.15) is 70.3 Å². The quantitative estimate of drug-likeness (QED) is 0.455. The molecule has 2 aromatic carbocycles. The average molecular weight is 407 g/mol. The summed E-state index contributed by atoms with van der Waals surface area (Å²) in [7, 11) is -0.274. The van der Waals surface area contributed by atoms with Crippen molar-refractivity contribution in [1.82, 2.24) is 5.32 Å². The van der Waals surface area contributed by atoms with Crippen LogP contribution in [0.25, 0.3) is 0 Å². The number of amides is 1. The summed E-state index contributed by atoms with van der Waals surface area (Å²) in [5.74, 6) is 0.255. The van der Waals surface area contributed by atoms with Crippen molar-refractivity contribution >= 4 is 13.0 Å². The van der Waals surface area contributed by atoms with Crippen molar-refractivity contribution in [3.63, 3.8) is 0 Å². The van der Waals surface area contributed by atoms with Crippen LogP contribution in [0, 0.1) is 0 Å². The van der Waals surface area contributed by atoms with Gasteiger partial charge in [-0.2, -0.15) is 0 Å². The number of unbranched alkanes of at least 4 members (excludes halogenated alkanes) is 1. The molecule has 0 spiro atoms. The highest BCUT2D eigenvalue weighted by molar-refractivity contribution is 6.47. The van der Waals surface area contributed by atoms with Crippen molar-refractivity contribution in [2.75, 3.05) is 0 Å². The molecule has 1 N–H and O–H groups in total. The molecular weight excluding hydrogens is 373 g/mol. The van der Waals surface area contributed by atoms with Gasteiger partial charge in [0.2, 0.25) is 5.91 Å². The third kappa shape index (κ3) is 5.74. The largest absolute Gasteiger partial charge is 0.465 e. The smallest absolute Gasteiger partial charge is 0.403 e. The predicted octanol–water partition coefficient (Wildman–Crippen LogP) is 5.28. The maximum atomic E-state index is 12.2. The SMILES string of the molecule is CC1(C)OB([C@H](CCCCC(=O)NCc2ccccc2)c2ccccc2)OC1(C)C. The number of carbonyl (C=O) groups excluding carboxylic acids is 1. The van der Waals surface area contributed by atoms with Gasteiger partial charge < -0.3 is 14.6 Å². The maximum Gasteiger partial charge on any atom is 0.465 e. The van der Waals surface area contributed by atoms with Gasteiger partial charge in [-0.1, -0.05) is 67.1 Å². The Balaban J connectivity index is 1.51. The lowest BCUT2D eigenvalue weighted by atomic mass is 9.65. The second kappa shape index (κ2) is 9.80. The van der Waals surface area contributed by atoms with Crippen LogP contribution in [-0.4, -0.2) is 24.2 Å². The summed E-state index contributed by atoms with van der Waals surface area (Å²) < 4.78 is 12.7. The Kier molecular flexibility index (Phi) is 7.38. The molecule has 0 radical (unpaired) electrons. The third-order valence-corrected chi connectivity index (χ3v) is 6.33. The molecule has 1 aliphatic rings. The number of hydrogen-bond donors (Lipinski definition) is 1. The normalized spacial score (nSPS) is 18.2. The molecule has 2 aromatic rings. The van der Waals surface area contributed by atoms with Gasteiger partial charge in [0.25, 0.3) is 0 Å². The highest BCUT2D eigenvalue weighted by Crippen LogP contribution is 2.42. The lowest BCUT2D eigenvalue weighted by molar-refractivity contribution is -0.121. The van der Waals surface area contributed by atoms with Crippen LogP contribution < -0.4 is 5.32 Å². The zero-order chi connectivity index (χ0) is 21.6. The number of carbonyl (C=O) groups is 1. The first-order chi connectivity index (χ1) is 14.3. The lowest BCUT2D eigenvalue weighted by Gasteiger charge is -2.32. The Hall–Kier alpha value is -2.11. The van der Waals surface area contributed by atoms with Crippen LogP contribution in [0.4, 0.5) is 0 Å². The van der Waals surface area contributed by atoms with E-state index >= 15 is 0 Å². The molecule has 3 rings (SSSR count). The highest BCUT2D eigenvalue weighted by Gasteiger charge is 2.53. The minimum atomic E-state index is -0.345. The van der Waals surface area contributed by atoms with Gasteiger partial charge in [0.1, 0.15) is 0 Å². The Morgan fingerprint density at radius 2 is 1.47 bits per heavy atom. The lowest BCUT2D eigenvalue weighted by Crippen LogP contribution is -2.41. The van der Waals surface area contributed by atoms with Gasteiger partial charge in [0.05, 0.1) is 11.2 Å². The Morgan fingerprint density at radius 1 is 0.900 bits per heavy atom. The van der Waals surface area contributed by atoms with Crippen molar-refractivity contribution < 1.29 is 14.1 Å². The Labute approximate surface area is 181 Å². The minimum absolute atomic E-state index is 0.103. The van der Waals surface area contributed by atoms with Crippen molar-refractivity contribution in [3.8, 4) is 0 Å². The fraction of sp³-hybridized carbons (Fsp3) is 0.480. The van der Waals surface area contributed by atoms with Crippen LogP contribution in [-0.2, 0) is 20.6 Å². The Morgan fingerprint density at radius 3 is 2.07 bits per heavy atom. The van der Waals surface area contributed by atoms with Crippen LogP contribution in [0.2, 0.25) is 0 Å². The summed E-state index contributed by atoms with van der Waals surface area (Å²) >= 11 is 0. The molecular formula is C25H34BNO3. The van der Waals surface area contributed by atoms with E-state index in [2.05, 4.69) is 57.3 Å². The molecule has 0 bridgehead atoms. The van der Waals surface area contributed by atoms with Gasteiger partial charge in [0, 0.05) is 18.8 Å². The van der Waals surface area contributed by atoms with Gasteiger partial charge >= 0.3 is 7.12 Å². The summed E-state index contributed by atoms with van der Waals surface area (Å²) in [4.78, 5) is 12.2. The van der Waals surface area contributed by atoms with E-state index < -0.39 is 0 Å². The standard InChI is InChI=1S/C25H34BNO3/c1-24(2)25(3,4)30-26(29-24)22(21-15-9-6-10-16-21)17-11-12-18-23(28)27-19-20-13-7-5-8-14-20/h5-10,13-16,22H,11-12,17-19H2,1-4H3,(H,27,28)/t22-/m1/s1. The van der Waals surface area contributed by atoms with E-state index in [1.165, 1.54) is 5.56 Å². The van der Waals surface area contributed by atoms with Crippen LogP contribution in [0.5, 0.6) is 0 Å². The zero-order valence-corrected chi connectivity index (χ0v) is 18.7. The van der Waals surface area contributed by atoms with Gasteiger partial charge in [-0.15, -0.1) is 0 Å². The molecule has 1 saturated heterocycles. The summed E-state index contributed by atoms with van der Waals surface area (Å²) in [5, 5.41) is 3.01. The van der Waals surface area contributed by atoms with Crippen LogP contribution in [0.3, 0.4) is 0 Å². The predicted molar refractivity (Wildman–Crippen MR) is 122 cm³/mol.